The molecular formula is C15H13N3O6. The number of fused-ring (bicyclic) bond motifs is 1. The van der Waals surface area contributed by atoms with Crippen molar-refractivity contribution in [3.05, 3.63) is 34.9 Å². The molecule has 0 aromatic heterocycles. The van der Waals surface area contributed by atoms with Crippen molar-refractivity contribution in [2.45, 2.75) is 25.4 Å². The van der Waals surface area contributed by atoms with Crippen molar-refractivity contribution in [1.29, 1.82) is 0 Å². The number of amides is 5. The van der Waals surface area contributed by atoms with Gasteiger partial charge >= 0.3 is 6.09 Å². The van der Waals surface area contributed by atoms with Gasteiger partial charge in [-0.25, -0.2) is 4.79 Å². The van der Waals surface area contributed by atoms with Crippen molar-refractivity contribution < 1.29 is 29.1 Å². The summed E-state index contributed by atoms with van der Waals surface area (Å²) < 4.78 is 0. The Morgan fingerprint density at radius 1 is 1.21 bits per heavy atom. The molecule has 2 aliphatic rings. The smallest absolute Gasteiger partial charge is 0.404 e. The lowest BCUT2D eigenvalue weighted by Crippen LogP contribution is -2.54. The number of imide groups is 2. The van der Waals surface area contributed by atoms with Crippen LogP contribution in [0.25, 0.3) is 0 Å². The Bertz CT molecular complexity index is 787. The van der Waals surface area contributed by atoms with Crippen LogP contribution in [0.1, 0.15) is 39.1 Å². The molecule has 2 aliphatic heterocycles. The summed E-state index contributed by atoms with van der Waals surface area (Å²) in [4.78, 5) is 59.5. The quantitative estimate of drug-likeness (QED) is 0.660. The number of rotatable bonds is 3. The molecule has 1 saturated heterocycles. The molecule has 1 aromatic carbocycles. The minimum atomic E-state index is -1.21. The number of hydrogen-bond acceptors (Lipinski definition) is 5. The molecule has 124 valence electrons. The van der Waals surface area contributed by atoms with Gasteiger partial charge < -0.3 is 10.4 Å². The molecule has 9 heteroatoms. The molecule has 1 aromatic rings. The summed E-state index contributed by atoms with van der Waals surface area (Å²) in [5.74, 6) is -2.33. The zero-order valence-corrected chi connectivity index (χ0v) is 12.4. The molecule has 0 saturated carbocycles. The van der Waals surface area contributed by atoms with Gasteiger partial charge in [0.2, 0.25) is 11.8 Å². The number of carbonyl (C=O) groups is 5. The van der Waals surface area contributed by atoms with E-state index < -0.39 is 35.8 Å². The Morgan fingerprint density at radius 2 is 1.92 bits per heavy atom. The SMILES string of the molecule is O=C(O)NCc1ccc2c(c1)C(=O)N(C1CCC(=O)NC1=O)C2=O. The zero-order valence-electron chi connectivity index (χ0n) is 12.4. The lowest BCUT2D eigenvalue weighted by Gasteiger charge is -2.27. The normalized spacial score (nSPS) is 20.0. The number of piperidine rings is 1. The van der Waals surface area contributed by atoms with E-state index in [4.69, 9.17) is 5.11 Å². The molecule has 3 N–H and O–H groups in total. The number of benzene rings is 1. The van der Waals surface area contributed by atoms with Crippen molar-refractivity contribution in [3.8, 4) is 0 Å². The van der Waals surface area contributed by atoms with Crippen LogP contribution in [0.15, 0.2) is 18.2 Å². The van der Waals surface area contributed by atoms with Crippen molar-refractivity contribution in [2.75, 3.05) is 0 Å². The lowest BCUT2D eigenvalue weighted by molar-refractivity contribution is -0.136. The first-order valence-corrected chi connectivity index (χ1v) is 7.20. The van der Waals surface area contributed by atoms with Crippen LogP contribution in [-0.4, -0.2) is 45.8 Å². The molecule has 0 aliphatic carbocycles. The van der Waals surface area contributed by atoms with E-state index >= 15 is 0 Å². The highest BCUT2D eigenvalue weighted by Gasteiger charge is 2.44. The largest absolute Gasteiger partial charge is 0.465 e. The second-order valence-corrected chi connectivity index (χ2v) is 5.49. The van der Waals surface area contributed by atoms with E-state index in [0.29, 0.717) is 5.56 Å². The average Bonchev–Trinajstić information content (AvgIpc) is 2.77. The van der Waals surface area contributed by atoms with Gasteiger partial charge in [-0.15, -0.1) is 0 Å². The summed E-state index contributed by atoms with van der Waals surface area (Å²) in [6.45, 7) is -0.0114. The van der Waals surface area contributed by atoms with Crippen LogP contribution in [0.5, 0.6) is 0 Å². The fraction of sp³-hybridized carbons (Fsp3) is 0.267. The Kier molecular flexibility index (Phi) is 3.76. The third-order valence-corrected chi connectivity index (χ3v) is 3.95. The number of carboxylic acid groups (broad SMARTS) is 1. The standard InChI is InChI=1S/C15H13N3O6/c19-11-4-3-10(12(20)17-11)18-13(21)8-2-1-7(6-16-15(23)24)5-9(8)14(18)22/h1-2,5,10,16H,3-4,6H2,(H,23,24)(H,17,19,20). The molecule has 24 heavy (non-hydrogen) atoms. The van der Waals surface area contributed by atoms with Gasteiger partial charge in [-0.1, -0.05) is 6.07 Å². The second kappa shape index (κ2) is 5.76. The van der Waals surface area contributed by atoms with Crippen LogP contribution in [0.4, 0.5) is 4.79 Å². The minimum absolute atomic E-state index is 0.0114. The van der Waals surface area contributed by atoms with Gasteiger partial charge in [-0.3, -0.25) is 29.4 Å². The van der Waals surface area contributed by atoms with E-state index in [2.05, 4.69) is 10.6 Å². The van der Waals surface area contributed by atoms with Crippen LogP contribution in [0.2, 0.25) is 0 Å². The molecule has 5 amide bonds. The van der Waals surface area contributed by atoms with E-state index in [1.165, 1.54) is 18.2 Å². The fourth-order valence-electron chi connectivity index (χ4n) is 2.81. The van der Waals surface area contributed by atoms with E-state index in [1.807, 2.05) is 0 Å². The number of nitrogens with one attached hydrogen (secondary N) is 2. The van der Waals surface area contributed by atoms with Gasteiger partial charge in [-0.2, -0.15) is 0 Å². The number of nitrogens with zero attached hydrogens (tertiary/aromatic N) is 1. The summed E-state index contributed by atoms with van der Waals surface area (Å²) in [6.07, 6.45) is -1.07. The third-order valence-electron chi connectivity index (χ3n) is 3.95. The van der Waals surface area contributed by atoms with Crippen molar-refractivity contribution >= 4 is 29.7 Å². The second-order valence-electron chi connectivity index (χ2n) is 5.49. The predicted octanol–water partition coefficient (Wildman–Crippen LogP) is -0.145. The van der Waals surface area contributed by atoms with Gasteiger partial charge in [0.15, 0.2) is 0 Å². The molecule has 9 nitrogen and oxygen atoms in total. The zero-order chi connectivity index (χ0) is 17.4. The average molecular weight is 331 g/mol. The Balaban J connectivity index is 1.86. The fourth-order valence-corrected chi connectivity index (χ4v) is 2.81. The van der Waals surface area contributed by atoms with E-state index in [0.717, 1.165) is 4.90 Å². The monoisotopic (exact) mass is 331 g/mol. The van der Waals surface area contributed by atoms with Crippen molar-refractivity contribution in [2.24, 2.45) is 0 Å². The molecule has 0 radical (unpaired) electrons. The van der Waals surface area contributed by atoms with Crippen LogP contribution in [-0.2, 0) is 16.1 Å². The first kappa shape index (κ1) is 15.7. The molecule has 1 fully saturated rings. The molecule has 1 atom stereocenters. The number of hydrogen-bond donors (Lipinski definition) is 3. The van der Waals surface area contributed by atoms with Gasteiger partial charge in [0.25, 0.3) is 11.8 Å². The molecule has 0 spiro atoms. The van der Waals surface area contributed by atoms with E-state index in [-0.39, 0.29) is 30.5 Å². The summed E-state index contributed by atoms with van der Waals surface area (Å²) in [5, 5.41) is 12.9. The van der Waals surface area contributed by atoms with Crippen LogP contribution >= 0.6 is 0 Å². The predicted molar refractivity (Wildman–Crippen MR) is 78.0 cm³/mol. The molecule has 2 heterocycles. The Hall–Kier alpha value is -3.23. The van der Waals surface area contributed by atoms with Crippen LogP contribution in [0.3, 0.4) is 0 Å². The van der Waals surface area contributed by atoms with Gasteiger partial charge in [0, 0.05) is 13.0 Å². The Morgan fingerprint density at radius 3 is 2.58 bits per heavy atom. The first-order chi connectivity index (χ1) is 11.4. The maximum atomic E-state index is 12.5. The minimum Gasteiger partial charge on any atom is -0.465 e. The van der Waals surface area contributed by atoms with E-state index in [1.54, 1.807) is 0 Å². The molecule has 1 unspecified atom stereocenters. The maximum absolute atomic E-state index is 12.5. The topological polar surface area (TPSA) is 133 Å². The van der Waals surface area contributed by atoms with Crippen molar-refractivity contribution in [1.82, 2.24) is 15.5 Å². The summed E-state index contributed by atoms with van der Waals surface area (Å²) in [5.41, 5.74) is 0.792. The molecule has 3 rings (SSSR count). The summed E-state index contributed by atoms with van der Waals surface area (Å²) >= 11 is 0. The molecule has 0 bridgehead atoms. The van der Waals surface area contributed by atoms with Crippen LogP contribution in [0, 0.1) is 0 Å². The van der Waals surface area contributed by atoms with Crippen LogP contribution < -0.4 is 10.6 Å². The number of carbonyl (C=O) groups excluding carboxylic acids is 4. The van der Waals surface area contributed by atoms with Crippen molar-refractivity contribution in [3.63, 3.8) is 0 Å². The highest BCUT2D eigenvalue weighted by atomic mass is 16.4. The summed E-state index contributed by atoms with van der Waals surface area (Å²) in [7, 11) is 0. The maximum Gasteiger partial charge on any atom is 0.404 e. The van der Waals surface area contributed by atoms with Gasteiger partial charge in [-0.05, 0) is 24.1 Å². The van der Waals surface area contributed by atoms with Gasteiger partial charge in [0.1, 0.15) is 6.04 Å². The third kappa shape index (κ3) is 2.60. The van der Waals surface area contributed by atoms with E-state index in [9.17, 15) is 24.0 Å². The highest BCUT2D eigenvalue weighted by molar-refractivity contribution is 6.23. The highest BCUT2D eigenvalue weighted by Crippen LogP contribution is 2.28. The Labute approximate surface area is 135 Å². The molecular weight excluding hydrogens is 318 g/mol. The summed E-state index contributed by atoms with van der Waals surface area (Å²) in [6, 6.07) is 3.38. The first-order valence-electron chi connectivity index (χ1n) is 7.20. The van der Waals surface area contributed by atoms with Gasteiger partial charge in [0.05, 0.1) is 11.1 Å². The lowest BCUT2D eigenvalue weighted by atomic mass is 10.0.